The molecule has 0 bridgehead atoms. The van der Waals surface area contributed by atoms with Crippen molar-refractivity contribution in [3.8, 4) is 11.8 Å². The maximum Gasteiger partial charge on any atom is 0.184 e. The Labute approximate surface area is 93.2 Å². The normalized spacial score (nSPS) is 11.5. The Morgan fingerprint density at radius 3 is 2.93 bits per heavy atom. The van der Waals surface area contributed by atoms with E-state index in [0.29, 0.717) is 23.3 Å². The number of carbonyl (C=O) groups excluding carboxylic acids is 1. The minimum atomic E-state index is -0.580. The molecule has 78 valence electrons. The van der Waals surface area contributed by atoms with Gasteiger partial charge in [0.15, 0.2) is 12.4 Å². The molecule has 1 aromatic carbocycles. The summed E-state index contributed by atoms with van der Waals surface area (Å²) in [6, 6.07) is 6.86. The van der Waals surface area contributed by atoms with Gasteiger partial charge in [-0.1, -0.05) is 24.6 Å². The third kappa shape index (κ3) is 2.71. The fourth-order valence-electron chi connectivity index (χ4n) is 1.09. The summed E-state index contributed by atoms with van der Waals surface area (Å²) in [6.07, 6.45) is 0.620. The maximum absolute atomic E-state index is 10.7. The Balaban J connectivity index is 3.02. The highest BCUT2D eigenvalue weighted by atomic mass is 35.5. The molecule has 0 saturated heterocycles. The molecule has 4 heteroatoms. The Bertz CT molecular complexity index is 398. The Kier molecular flexibility index (Phi) is 4.14. The molecule has 0 aliphatic carbocycles. The largest absolute Gasteiger partial charge is 0.473 e. The van der Waals surface area contributed by atoms with E-state index >= 15 is 0 Å². The minimum Gasteiger partial charge on any atom is -0.473 e. The molecular formula is C11H10ClNO2. The van der Waals surface area contributed by atoms with Crippen molar-refractivity contribution >= 4 is 17.9 Å². The molecule has 15 heavy (non-hydrogen) atoms. The van der Waals surface area contributed by atoms with Crippen LogP contribution in [0.15, 0.2) is 18.2 Å². The van der Waals surface area contributed by atoms with Gasteiger partial charge in [-0.2, -0.15) is 5.26 Å². The first-order valence-corrected chi connectivity index (χ1v) is 4.90. The number of hydrogen-bond acceptors (Lipinski definition) is 3. The summed E-state index contributed by atoms with van der Waals surface area (Å²) in [6.45, 7) is 1.82. The summed E-state index contributed by atoms with van der Waals surface area (Å²) < 4.78 is 5.34. The lowest BCUT2D eigenvalue weighted by Gasteiger charge is -2.13. The number of nitriles is 1. The van der Waals surface area contributed by atoms with Crippen LogP contribution >= 0.6 is 11.6 Å². The zero-order valence-electron chi connectivity index (χ0n) is 8.24. The maximum atomic E-state index is 10.7. The smallest absolute Gasteiger partial charge is 0.184 e. The van der Waals surface area contributed by atoms with Crippen molar-refractivity contribution < 1.29 is 9.53 Å². The summed E-state index contributed by atoms with van der Waals surface area (Å²) in [5.74, 6) is 0.280. The fraction of sp³-hybridized carbons (Fsp3) is 0.273. The van der Waals surface area contributed by atoms with Gasteiger partial charge in [0.2, 0.25) is 0 Å². The predicted molar refractivity (Wildman–Crippen MR) is 57.2 cm³/mol. The Morgan fingerprint density at radius 1 is 1.67 bits per heavy atom. The fourth-order valence-corrected chi connectivity index (χ4v) is 1.31. The molecule has 1 aromatic rings. The molecule has 0 amide bonds. The van der Waals surface area contributed by atoms with Gasteiger partial charge in [-0.25, -0.2) is 0 Å². The number of rotatable bonds is 4. The number of ether oxygens (including phenoxy) is 1. The van der Waals surface area contributed by atoms with Crippen LogP contribution < -0.4 is 4.74 Å². The lowest BCUT2D eigenvalue weighted by molar-refractivity contribution is 0.111. The van der Waals surface area contributed by atoms with Crippen LogP contribution in [0.25, 0.3) is 0 Å². The van der Waals surface area contributed by atoms with Gasteiger partial charge in [0, 0.05) is 0 Å². The van der Waals surface area contributed by atoms with E-state index in [9.17, 15) is 4.79 Å². The molecule has 0 heterocycles. The number of para-hydroxylation sites is 1. The van der Waals surface area contributed by atoms with Crippen LogP contribution in [0.2, 0.25) is 5.02 Å². The summed E-state index contributed by atoms with van der Waals surface area (Å²) in [4.78, 5) is 10.7. The number of nitrogens with zero attached hydrogens (tertiary/aromatic N) is 1. The predicted octanol–water partition coefficient (Wildman–Crippen LogP) is 2.83. The molecule has 1 unspecified atom stereocenters. The van der Waals surface area contributed by atoms with Crippen LogP contribution in [0, 0.1) is 11.3 Å². The van der Waals surface area contributed by atoms with Crippen LogP contribution in [0.1, 0.15) is 23.7 Å². The number of halogens is 1. The van der Waals surface area contributed by atoms with E-state index < -0.39 is 6.10 Å². The highest BCUT2D eigenvalue weighted by molar-refractivity contribution is 6.32. The topological polar surface area (TPSA) is 50.1 Å². The van der Waals surface area contributed by atoms with E-state index in [4.69, 9.17) is 21.6 Å². The highest BCUT2D eigenvalue weighted by Gasteiger charge is 2.12. The second-order valence-corrected chi connectivity index (χ2v) is 3.33. The lowest BCUT2D eigenvalue weighted by atomic mass is 10.2. The van der Waals surface area contributed by atoms with Crippen molar-refractivity contribution in [2.24, 2.45) is 0 Å². The van der Waals surface area contributed by atoms with E-state index in [0.717, 1.165) is 0 Å². The molecule has 0 fully saturated rings. The first-order valence-electron chi connectivity index (χ1n) is 4.52. The van der Waals surface area contributed by atoms with E-state index in [1.807, 2.05) is 13.0 Å². The number of hydrogen-bond donors (Lipinski definition) is 0. The standard InChI is InChI=1S/C11H10ClNO2/c1-2-9(6-13)15-11-8(7-14)4-3-5-10(11)12/h3-5,7,9H,2H2,1H3. The molecule has 0 saturated carbocycles. The van der Waals surface area contributed by atoms with Gasteiger partial charge in [-0.15, -0.1) is 0 Å². The molecule has 0 spiro atoms. The second kappa shape index (κ2) is 5.38. The molecule has 0 N–H and O–H groups in total. The highest BCUT2D eigenvalue weighted by Crippen LogP contribution is 2.28. The van der Waals surface area contributed by atoms with Crippen molar-refractivity contribution in [1.29, 1.82) is 5.26 Å². The average molecular weight is 224 g/mol. The summed E-state index contributed by atoms with van der Waals surface area (Å²) >= 11 is 5.87. The minimum absolute atomic E-state index is 0.280. The van der Waals surface area contributed by atoms with E-state index in [2.05, 4.69) is 0 Å². The van der Waals surface area contributed by atoms with Crippen molar-refractivity contribution in [2.75, 3.05) is 0 Å². The van der Waals surface area contributed by atoms with Gasteiger partial charge in [0.25, 0.3) is 0 Å². The van der Waals surface area contributed by atoms with Crippen LogP contribution in [-0.2, 0) is 0 Å². The third-order valence-corrected chi connectivity index (χ3v) is 2.20. The van der Waals surface area contributed by atoms with Crippen LogP contribution in [0.5, 0.6) is 5.75 Å². The quantitative estimate of drug-likeness (QED) is 0.738. The number of carbonyl (C=O) groups is 1. The van der Waals surface area contributed by atoms with E-state index in [1.165, 1.54) is 0 Å². The molecule has 0 aliphatic rings. The van der Waals surface area contributed by atoms with Crippen molar-refractivity contribution in [3.63, 3.8) is 0 Å². The Morgan fingerprint density at radius 2 is 2.40 bits per heavy atom. The third-order valence-electron chi connectivity index (χ3n) is 1.90. The molecule has 0 aliphatic heterocycles. The SMILES string of the molecule is CCC(C#N)Oc1c(Cl)cccc1C=O. The summed E-state index contributed by atoms with van der Waals surface area (Å²) in [7, 11) is 0. The zero-order valence-corrected chi connectivity index (χ0v) is 8.99. The summed E-state index contributed by atoms with van der Waals surface area (Å²) in [5, 5.41) is 9.08. The van der Waals surface area contributed by atoms with E-state index in [1.54, 1.807) is 18.2 Å². The zero-order chi connectivity index (χ0) is 11.3. The van der Waals surface area contributed by atoms with Crippen LogP contribution in [0.3, 0.4) is 0 Å². The van der Waals surface area contributed by atoms with Gasteiger partial charge < -0.3 is 4.74 Å². The van der Waals surface area contributed by atoms with Gasteiger partial charge in [-0.05, 0) is 18.6 Å². The second-order valence-electron chi connectivity index (χ2n) is 2.92. The first kappa shape index (κ1) is 11.5. The van der Waals surface area contributed by atoms with Gasteiger partial charge in [0.05, 0.1) is 10.6 Å². The van der Waals surface area contributed by atoms with Crippen LogP contribution in [0.4, 0.5) is 0 Å². The molecular weight excluding hydrogens is 214 g/mol. The molecule has 0 radical (unpaired) electrons. The molecule has 0 aromatic heterocycles. The van der Waals surface area contributed by atoms with E-state index in [-0.39, 0.29) is 5.75 Å². The average Bonchev–Trinajstić information content (AvgIpc) is 2.27. The molecule has 1 rings (SSSR count). The number of benzene rings is 1. The van der Waals surface area contributed by atoms with Crippen molar-refractivity contribution in [1.82, 2.24) is 0 Å². The Hall–Kier alpha value is -1.53. The monoisotopic (exact) mass is 223 g/mol. The van der Waals surface area contributed by atoms with Crippen molar-refractivity contribution in [2.45, 2.75) is 19.4 Å². The first-order chi connectivity index (χ1) is 7.22. The van der Waals surface area contributed by atoms with Crippen molar-refractivity contribution in [3.05, 3.63) is 28.8 Å². The van der Waals surface area contributed by atoms with Gasteiger partial charge in [-0.3, -0.25) is 4.79 Å². The summed E-state index contributed by atoms with van der Waals surface area (Å²) in [5.41, 5.74) is 0.358. The van der Waals surface area contributed by atoms with Gasteiger partial charge in [0.1, 0.15) is 11.8 Å². The molecule has 1 atom stereocenters. The molecule has 3 nitrogen and oxygen atoms in total. The van der Waals surface area contributed by atoms with Crippen LogP contribution in [-0.4, -0.2) is 12.4 Å². The number of aldehydes is 1. The van der Waals surface area contributed by atoms with Gasteiger partial charge >= 0.3 is 0 Å². The lowest BCUT2D eigenvalue weighted by Crippen LogP contribution is -2.13.